The molecule has 28 heavy (non-hydrogen) atoms. The number of rotatable bonds is 2. The van der Waals surface area contributed by atoms with Gasteiger partial charge in [-0.2, -0.15) is 0 Å². The summed E-state index contributed by atoms with van der Waals surface area (Å²) in [6.45, 7) is 7.10. The molecule has 0 N–H and O–H groups in total. The molecular formula is C22H25FN2O2S. The fraction of sp³-hybridized carbons (Fsp3) is 0.409. The van der Waals surface area contributed by atoms with E-state index in [1.54, 1.807) is 28.8 Å². The number of benzene rings is 2. The minimum atomic E-state index is -0.244. The normalized spacial score (nSPS) is 19.5. The molecule has 1 saturated heterocycles. The Hall–Kier alpha value is -2.05. The minimum Gasteiger partial charge on any atom is -0.450 e. The van der Waals surface area contributed by atoms with Gasteiger partial charge in [-0.15, -0.1) is 0 Å². The Morgan fingerprint density at radius 2 is 1.89 bits per heavy atom. The number of fused-ring (bicyclic) bond motifs is 2. The van der Waals surface area contributed by atoms with Gasteiger partial charge < -0.3 is 9.64 Å². The topological polar surface area (TPSA) is 32.8 Å². The fourth-order valence-corrected chi connectivity index (χ4v) is 5.13. The molecule has 2 aromatic rings. The Morgan fingerprint density at radius 1 is 1.14 bits per heavy atom. The quantitative estimate of drug-likeness (QED) is 0.734. The van der Waals surface area contributed by atoms with E-state index in [0.29, 0.717) is 19.7 Å². The second-order valence-electron chi connectivity index (χ2n) is 7.34. The van der Waals surface area contributed by atoms with E-state index in [2.05, 4.69) is 30.0 Å². The van der Waals surface area contributed by atoms with E-state index in [4.69, 9.17) is 4.74 Å². The predicted molar refractivity (Wildman–Crippen MR) is 108 cm³/mol. The lowest BCUT2D eigenvalue weighted by atomic mass is 9.96. The van der Waals surface area contributed by atoms with Gasteiger partial charge in [0.25, 0.3) is 0 Å². The van der Waals surface area contributed by atoms with E-state index >= 15 is 0 Å². The van der Waals surface area contributed by atoms with Crippen molar-refractivity contribution in [3.63, 3.8) is 0 Å². The molecule has 0 saturated carbocycles. The first-order valence-electron chi connectivity index (χ1n) is 9.77. The molecule has 2 aliphatic rings. The summed E-state index contributed by atoms with van der Waals surface area (Å²) in [5.74, 6) is -0.198. The van der Waals surface area contributed by atoms with E-state index in [9.17, 15) is 9.18 Å². The van der Waals surface area contributed by atoms with Crippen molar-refractivity contribution in [2.45, 2.75) is 36.1 Å². The summed E-state index contributed by atoms with van der Waals surface area (Å²) < 4.78 is 19.2. The number of carbonyl (C=O) groups is 1. The first kappa shape index (κ1) is 19.3. The standard InChI is InChI=1S/C22H25FN2O2S/c1-3-27-22(26)25-10-8-24(9-11-25)19-13-16-12-15(2)4-6-20(16)28-21-7-5-17(23)14-18(19)21/h4-7,12,14,19H,3,8-11,13H2,1-2H3. The summed E-state index contributed by atoms with van der Waals surface area (Å²) in [7, 11) is 0. The molecule has 4 rings (SSSR count). The van der Waals surface area contributed by atoms with Gasteiger partial charge in [0.05, 0.1) is 6.61 Å². The lowest BCUT2D eigenvalue weighted by molar-refractivity contribution is 0.0652. The van der Waals surface area contributed by atoms with E-state index in [-0.39, 0.29) is 18.0 Å². The molecule has 0 radical (unpaired) electrons. The van der Waals surface area contributed by atoms with Gasteiger partial charge in [0.1, 0.15) is 5.82 Å². The Kier molecular flexibility index (Phi) is 5.60. The van der Waals surface area contributed by atoms with Crippen LogP contribution >= 0.6 is 11.8 Å². The third-order valence-corrected chi connectivity index (χ3v) is 6.67. The van der Waals surface area contributed by atoms with Gasteiger partial charge in [-0.05, 0) is 55.7 Å². The summed E-state index contributed by atoms with van der Waals surface area (Å²) in [5, 5.41) is 0. The highest BCUT2D eigenvalue weighted by molar-refractivity contribution is 7.99. The van der Waals surface area contributed by atoms with Gasteiger partial charge in [-0.3, -0.25) is 4.90 Å². The van der Waals surface area contributed by atoms with E-state index < -0.39 is 0 Å². The minimum absolute atomic E-state index is 0.102. The molecule has 0 aliphatic carbocycles. The lowest BCUT2D eigenvalue weighted by Crippen LogP contribution is -2.50. The molecule has 148 valence electrons. The maximum atomic E-state index is 14.1. The summed E-state index contributed by atoms with van der Waals surface area (Å²) in [6, 6.07) is 11.8. The predicted octanol–water partition coefficient (Wildman–Crippen LogP) is 4.66. The summed E-state index contributed by atoms with van der Waals surface area (Å²) in [4.78, 5) is 18.5. The molecule has 2 heterocycles. The molecule has 1 amide bonds. The zero-order valence-corrected chi connectivity index (χ0v) is 17.1. The Morgan fingerprint density at radius 3 is 2.64 bits per heavy atom. The molecule has 0 bridgehead atoms. The fourth-order valence-electron chi connectivity index (χ4n) is 4.03. The van der Waals surface area contributed by atoms with Crippen LogP contribution in [0.15, 0.2) is 46.2 Å². The van der Waals surface area contributed by atoms with Crippen LogP contribution in [0.25, 0.3) is 0 Å². The second kappa shape index (κ2) is 8.13. The number of piperazine rings is 1. The third-order valence-electron chi connectivity index (χ3n) is 5.46. The van der Waals surface area contributed by atoms with Crippen molar-refractivity contribution in [1.29, 1.82) is 0 Å². The summed E-state index contributed by atoms with van der Waals surface area (Å²) in [6.07, 6.45) is 0.603. The van der Waals surface area contributed by atoms with Crippen molar-refractivity contribution in [3.05, 3.63) is 58.9 Å². The average Bonchev–Trinajstić information content (AvgIpc) is 2.84. The van der Waals surface area contributed by atoms with Crippen LogP contribution in [0.1, 0.15) is 29.7 Å². The van der Waals surface area contributed by atoms with Crippen LogP contribution in [0, 0.1) is 12.7 Å². The number of hydrogen-bond donors (Lipinski definition) is 0. The van der Waals surface area contributed by atoms with E-state index in [1.807, 2.05) is 13.0 Å². The first-order chi connectivity index (χ1) is 13.5. The molecule has 0 spiro atoms. The highest BCUT2D eigenvalue weighted by Gasteiger charge is 2.31. The Balaban J connectivity index is 1.62. The van der Waals surface area contributed by atoms with Crippen LogP contribution in [-0.4, -0.2) is 48.7 Å². The zero-order valence-electron chi connectivity index (χ0n) is 16.3. The highest BCUT2D eigenvalue weighted by Crippen LogP contribution is 2.43. The Labute approximate surface area is 169 Å². The van der Waals surface area contributed by atoms with Crippen LogP contribution in [0.2, 0.25) is 0 Å². The molecule has 1 unspecified atom stereocenters. The van der Waals surface area contributed by atoms with Gasteiger partial charge in [0.15, 0.2) is 0 Å². The molecule has 4 nitrogen and oxygen atoms in total. The smallest absolute Gasteiger partial charge is 0.409 e. The third kappa shape index (κ3) is 3.89. The SMILES string of the molecule is CCOC(=O)N1CCN(C2Cc3cc(C)ccc3Sc3ccc(F)cc32)CC1. The van der Waals surface area contributed by atoms with Crippen LogP contribution in [0.4, 0.5) is 9.18 Å². The average molecular weight is 401 g/mol. The highest BCUT2D eigenvalue weighted by atomic mass is 32.2. The molecule has 1 atom stereocenters. The van der Waals surface area contributed by atoms with Crippen molar-refractivity contribution >= 4 is 17.9 Å². The van der Waals surface area contributed by atoms with Crippen LogP contribution in [-0.2, 0) is 11.2 Å². The Bertz CT molecular complexity index is 881. The summed E-state index contributed by atoms with van der Waals surface area (Å²) in [5.41, 5.74) is 3.59. The number of carbonyl (C=O) groups excluding carboxylic acids is 1. The lowest BCUT2D eigenvalue weighted by Gasteiger charge is -2.39. The van der Waals surface area contributed by atoms with Crippen LogP contribution < -0.4 is 0 Å². The number of hydrogen-bond acceptors (Lipinski definition) is 4. The summed E-state index contributed by atoms with van der Waals surface area (Å²) >= 11 is 1.72. The first-order valence-corrected chi connectivity index (χ1v) is 10.6. The van der Waals surface area contributed by atoms with Crippen molar-refractivity contribution in [2.24, 2.45) is 0 Å². The molecule has 1 fully saturated rings. The zero-order chi connectivity index (χ0) is 19.7. The van der Waals surface area contributed by atoms with Gasteiger partial charge in [-0.25, -0.2) is 9.18 Å². The molecular weight excluding hydrogens is 375 g/mol. The van der Waals surface area contributed by atoms with E-state index in [1.165, 1.54) is 16.0 Å². The van der Waals surface area contributed by atoms with Crippen LogP contribution in [0.3, 0.4) is 0 Å². The van der Waals surface area contributed by atoms with Gasteiger partial charge in [0.2, 0.25) is 0 Å². The molecule has 2 aliphatic heterocycles. The van der Waals surface area contributed by atoms with Crippen molar-refractivity contribution < 1.29 is 13.9 Å². The van der Waals surface area contributed by atoms with Gasteiger partial charge in [0, 0.05) is 42.0 Å². The largest absolute Gasteiger partial charge is 0.450 e. The number of halogens is 1. The maximum Gasteiger partial charge on any atom is 0.409 e. The number of aryl methyl sites for hydroxylation is 1. The van der Waals surface area contributed by atoms with Crippen LogP contribution in [0.5, 0.6) is 0 Å². The number of amides is 1. The van der Waals surface area contributed by atoms with E-state index in [0.717, 1.165) is 30.0 Å². The molecule has 2 aromatic carbocycles. The van der Waals surface area contributed by atoms with Gasteiger partial charge >= 0.3 is 6.09 Å². The maximum absolute atomic E-state index is 14.1. The van der Waals surface area contributed by atoms with Gasteiger partial charge in [-0.1, -0.05) is 29.5 Å². The van der Waals surface area contributed by atoms with Crippen molar-refractivity contribution in [3.8, 4) is 0 Å². The molecule has 0 aromatic heterocycles. The monoisotopic (exact) mass is 400 g/mol. The number of ether oxygens (including phenoxy) is 1. The van der Waals surface area contributed by atoms with Crippen molar-refractivity contribution in [2.75, 3.05) is 32.8 Å². The second-order valence-corrected chi connectivity index (χ2v) is 8.42. The number of nitrogens with zero attached hydrogens (tertiary/aromatic N) is 2. The van der Waals surface area contributed by atoms with Crippen molar-refractivity contribution in [1.82, 2.24) is 9.80 Å². The molecule has 6 heteroatoms.